The van der Waals surface area contributed by atoms with Gasteiger partial charge in [0.1, 0.15) is 12.1 Å². The normalized spacial score (nSPS) is 14.4. The molecule has 26 heavy (non-hydrogen) atoms. The van der Waals surface area contributed by atoms with Crippen molar-refractivity contribution in [2.24, 2.45) is 0 Å². The first-order valence-corrected chi connectivity index (χ1v) is 8.77. The zero-order valence-corrected chi connectivity index (χ0v) is 14.4. The summed E-state index contributed by atoms with van der Waals surface area (Å²) in [5, 5.41) is 0. The fourth-order valence-electron chi connectivity index (χ4n) is 3.07. The number of carbonyl (C=O) groups excluding carboxylic acids is 1. The van der Waals surface area contributed by atoms with E-state index in [4.69, 9.17) is 9.15 Å². The lowest BCUT2D eigenvalue weighted by molar-refractivity contribution is -0.134. The molecule has 2 aromatic carbocycles. The van der Waals surface area contributed by atoms with Crippen LogP contribution < -0.4 is 0 Å². The lowest BCUT2D eigenvalue weighted by Gasteiger charge is -2.26. The third-order valence-electron chi connectivity index (χ3n) is 4.42. The Bertz CT molecular complexity index is 812. The summed E-state index contributed by atoms with van der Waals surface area (Å²) in [7, 11) is 0. The predicted octanol–water partition coefficient (Wildman–Crippen LogP) is 3.41. The largest absolute Gasteiger partial charge is 0.439 e. The average Bonchev–Trinajstić information content (AvgIpc) is 3.14. The minimum atomic E-state index is 0.0220. The number of nitrogens with zero attached hydrogens (tertiary/aromatic N) is 2. The molecule has 1 aromatic heterocycles. The third kappa shape index (κ3) is 3.53. The molecule has 0 atom stereocenters. The summed E-state index contributed by atoms with van der Waals surface area (Å²) in [6.45, 7) is 2.41. The first kappa shape index (κ1) is 16.5. The summed E-state index contributed by atoms with van der Waals surface area (Å²) in [5.41, 5.74) is 2.69. The van der Waals surface area contributed by atoms with E-state index in [1.807, 2.05) is 60.7 Å². The highest BCUT2D eigenvalue weighted by Crippen LogP contribution is 2.32. The van der Waals surface area contributed by atoms with Gasteiger partial charge in [0.25, 0.3) is 0 Å². The van der Waals surface area contributed by atoms with E-state index in [0.29, 0.717) is 38.0 Å². The van der Waals surface area contributed by atoms with Gasteiger partial charge in [0.2, 0.25) is 11.8 Å². The van der Waals surface area contributed by atoms with Gasteiger partial charge in [-0.15, -0.1) is 0 Å². The molecule has 0 spiro atoms. The molecule has 0 bridgehead atoms. The highest BCUT2D eigenvalue weighted by molar-refractivity contribution is 5.80. The number of morpholine rings is 1. The van der Waals surface area contributed by atoms with E-state index < -0.39 is 0 Å². The summed E-state index contributed by atoms with van der Waals surface area (Å²) < 4.78 is 11.3. The van der Waals surface area contributed by atoms with Crippen molar-refractivity contribution in [3.63, 3.8) is 0 Å². The third-order valence-corrected chi connectivity index (χ3v) is 4.42. The molecule has 0 aliphatic carbocycles. The van der Waals surface area contributed by atoms with Gasteiger partial charge in [0, 0.05) is 24.2 Å². The van der Waals surface area contributed by atoms with Gasteiger partial charge in [0.15, 0.2) is 5.76 Å². The monoisotopic (exact) mass is 348 g/mol. The fraction of sp³-hybridized carbons (Fsp3) is 0.238. The molecule has 1 amide bonds. The topological polar surface area (TPSA) is 55.6 Å². The molecule has 5 nitrogen and oxygen atoms in total. The molecule has 0 saturated carbocycles. The molecule has 1 aliphatic heterocycles. The van der Waals surface area contributed by atoms with Crippen LogP contribution in [0.2, 0.25) is 0 Å². The standard InChI is InChI=1S/C21H20N2O3/c24-19(23-11-13-25-14-12-23)15-18-22-20(16-7-3-1-4-8-16)21(26-18)17-9-5-2-6-10-17/h1-10H,11-15H2. The Hall–Kier alpha value is -2.92. The summed E-state index contributed by atoms with van der Waals surface area (Å²) in [6.07, 6.45) is 0.159. The maximum Gasteiger partial charge on any atom is 0.232 e. The Morgan fingerprint density at radius 3 is 2.19 bits per heavy atom. The molecule has 0 radical (unpaired) electrons. The van der Waals surface area contributed by atoms with Crippen molar-refractivity contribution < 1.29 is 13.9 Å². The van der Waals surface area contributed by atoms with Crippen LogP contribution in [0.1, 0.15) is 5.89 Å². The van der Waals surface area contributed by atoms with E-state index in [1.165, 1.54) is 0 Å². The first-order valence-electron chi connectivity index (χ1n) is 8.77. The number of hydrogen-bond acceptors (Lipinski definition) is 4. The molecule has 1 aliphatic rings. The van der Waals surface area contributed by atoms with Crippen molar-refractivity contribution in [1.82, 2.24) is 9.88 Å². The Kier molecular flexibility index (Phi) is 4.80. The molecular formula is C21H20N2O3. The molecule has 0 unspecified atom stereocenters. The molecule has 2 heterocycles. The van der Waals surface area contributed by atoms with Gasteiger partial charge in [-0.2, -0.15) is 0 Å². The number of oxazole rings is 1. The molecule has 4 rings (SSSR count). The number of ether oxygens (including phenoxy) is 1. The Balaban J connectivity index is 1.66. The van der Waals surface area contributed by atoms with Crippen LogP contribution in [0.3, 0.4) is 0 Å². The van der Waals surface area contributed by atoms with Gasteiger partial charge >= 0.3 is 0 Å². The second-order valence-electron chi connectivity index (χ2n) is 6.19. The molecule has 1 fully saturated rings. The second-order valence-corrected chi connectivity index (χ2v) is 6.19. The fourth-order valence-corrected chi connectivity index (χ4v) is 3.07. The number of aromatic nitrogens is 1. The van der Waals surface area contributed by atoms with Crippen molar-refractivity contribution in [2.75, 3.05) is 26.3 Å². The number of carbonyl (C=O) groups is 1. The number of benzene rings is 2. The Morgan fingerprint density at radius 1 is 0.923 bits per heavy atom. The zero-order valence-electron chi connectivity index (χ0n) is 14.4. The van der Waals surface area contributed by atoms with E-state index in [9.17, 15) is 4.79 Å². The van der Waals surface area contributed by atoms with Crippen molar-refractivity contribution in [2.45, 2.75) is 6.42 Å². The van der Waals surface area contributed by atoms with Gasteiger partial charge in [-0.3, -0.25) is 4.79 Å². The molecule has 0 N–H and O–H groups in total. The Morgan fingerprint density at radius 2 is 1.54 bits per heavy atom. The summed E-state index contributed by atoms with van der Waals surface area (Å²) in [4.78, 5) is 19.0. The van der Waals surface area contributed by atoms with Crippen molar-refractivity contribution in [1.29, 1.82) is 0 Å². The van der Waals surface area contributed by atoms with Crippen LogP contribution in [-0.4, -0.2) is 42.1 Å². The molecule has 5 heteroatoms. The van der Waals surface area contributed by atoms with Crippen LogP contribution in [0.25, 0.3) is 22.6 Å². The van der Waals surface area contributed by atoms with Gasteiger partial charge in [0.05, 0.1) is 13.2 Å². The Labute approximate surface area is 152 Å². The van der Waals surface area contributed by atoms with Crippen molar-refractivity contribution >= 4 is 5.91 Å². The highest BCUT2D eigenvalue weighted by Gasteiger charge is 2.22. The second kappa shape index (κ2) is 7.54. The number of amides is 1. The minimum absolute atomic E-state index is 0.0220. The number of hydrogen-bond donors (Lipinski definition) is 0. The molecule has 1 saturated heterocycles. The zero-order chi connectivity index (χ0) is 17.8. The highest BCUT2D eigenvalue weighted by atomic mass is 16.5. The smallest absolute Gasteiger partial charge is 0.232 e. The van der Waals surface area contributed by atoms with E-state index >= 15 is 0 Å². The van der Waals surface area contributed by atoms with E-state index in [1.54, 1.807) is 4.90 Å². The predicted molar refractivity (Wildman–Crippen MR) is 98.5 cm³/mol. The lowest BCUT2D eigenvalue weighted by Crippen LogP contribution is -2.41. The van der Waals surface area contributed by atoms with Gasteiger partial charge in [-0.1, -0.05) is 60.7 Å². The summed E-state index contributed by atoms with van der Waals surface area (Å²) >= 11 is 0. The summed E-state index contributed by atoms with van der Waals surface area (Å²) in [5.74, 6) is 1.16. The van der Waals surface area contributed by atoms with Gasteiger partial charge < -0.3 is 14.1 Å². The van der Waals surface area contributed by atoms with Crippen LogP contribution >= 0.6 is 0 Å². The number of rotatable bonds is 4. The minimum Gasteiger partial charge on any atom is -0.439 e. The van der Waals surface area contributed by atoms with Crippen LogP contribution in [0.5, 0.6) is 0 Å². The molecular weight excluding hydrogens is 328 g/mol. The maximum atomic E-state index is 12.5. The lowest BCUT2D eigenvalue weighted by atomic mass is 10.1. The van der Waals surface area contributed by atoms with Crippen molar-refractivity contribution in [3.8, 4) is 22.6 Å². The van der Waals surface area contributed by atoms with E-state index in [2.05, 4.69) is 4.98 Å². The molecule has 3 aromatic rings. The van der Waals surface area contributed by atoms with Crippen LogP contribution in [0.4, 0.5) is 0 Å². The van der Waals surface area contributed by atoms with Gasteiger partial charge in [-0.05, 0) is 0 Å². The maximum absolute atomic E-state index is 12.5. The van der Waals surface area contributed by atoms with E-state index in [0.717, 1.165) is 16.8 Å². The first-order chi connectivity index (χ1) is 12.8. The van der Waals surface area contributed by atoms with E-state index in [-0.39, 0.29) is 12.3 Å². The quantitative estimate of drug-likeness (QED) is 0.725. The van der Waals surface area contributed by atoms with Crippen LogP contribution in [0, 0.1) is 0 Å². The van der Waals surface area contributed by atoms with Crippen LogP contribution in [-0.2, 0) is 16.0 Å². The SMILES string of the molecule is O=C(Cc1nc(-c2ccccc2)c(-c2ccccc2)o1)N1CCOCC1. The van der Waals surface area contributed by atoms with Gasteiger partial charge in [-0.25, -0.2) is 4.98 Å². The van der Waals surface area contributed by atoms with Crippen molar-refractivity contribution in [3.05, 3.63) is 66.6 Å². The summed E-state index contributed by atoms with van der Waals surface area (Å²) in [6, 6.07) is 19.8. The van der Waals surface area contributed by atoms with Crippen LogP contribution in [0.15, 0.2) is 65.1 Å². The average molecular weight is 348 g/mol. The molecule has 132 valence electrons.